The summed E-state index contributed by atoms with van der Waals surface area (Å²) < 4.78 is 0. The fourth-order valence-corrected chi connectivity index (χ4v) is 2.42. The Morgan fingerprint density at radius 2 is 2.17 bits per heavy atom. The van der Waals surface area contributed by atoms with Crippen LogP contribution in [0.15, 0.2) is 52.5 Å². The first-order chi connectivity index (χ1) is 8.70. The third kappa shape index (κ3) is 2.81. The molecule has 1 heterocycles. The molecule has 0 atom stereocenters. The number of anilines is 1. The van der Waals surface area contributed by atoms with Gasteiger partial charge in [-0.1, -0.05) is 17.8 Å². The third-order valence-corrected chi connectivity index (χ3v) is 3.34. The number of carbonyl (C=O) groups is 1. The van der Waals surface area contributed by atoms with Gasteiger partial charge in [0.2, 0.25) is 0 Å². The second kappa shape index (κ2) is 5.55. The Labute approximate surface area is 110 Å². The Morgan fingerprint density at radius 3 is 2.83 bits per heavy atom. The van der Waals surface area contributed by atoms with E-state index < -0.39 is 0 Å². The molecule has 2 rings (SSSR count). The fourth-order valence-electron chi connectivity index (χ4n) is 1.47. The monoisotopic (exact) mass is 259 g/mol. The van der Waals surface area contributed by atoms with E-state index in [1.165, 1.54) is 11.8 Å². The lowest BCUT2D eigenvalue weighted by Crippen LogP contribution is -2.18. The number of amides is 1. The molecule has 0 aliphatic carbocycles. The van der Waals surface area contributed by atoms with E-state index in [1.807, 2.05) is 18.2 Å². The summed E-state index contributed by atoms with van der Waals surface area (Å²) in [5.41, 5.74) is 6.98. The maximum Gasteiger partial charge on any atom is 0.252 e. The highest BCUT2D eigenvalue weighted by molar-refractivity contribution is 7.99. The molecule has 0 spiro atoms. The van der Waals surface area contributed by atoms with Gasteiger partial charge in [0.25, 0.3) is 5.91 Å². The first-order valence-corrected chi connectivity index (χ1v) is 6.23. The smallest absolute Gasteiger partial charge is 0.252 e. The van der Waals surface area contributed by atoms with Gasteiger partial charge in [0.05, 0.1) is 5.56 Å². The van der Waals surface area contributed by atoms with Crippen molar-refractivity contribution in [1.29, 1.82) is 0 Å². The predicted molar refractivity (Wildman–Crippen MR) is 72.6 cm³/mol. The van der Waals surface area contributed by atoms with Crippen molar-refractivity contribution in [3.63, 3.8) is 0 Å². The van der Waals surface area contributed by atoms with Crippen LogP contribution in [0, 0.1) is 0 Å². The molecule has 3 N–H and O–H groups in total. The molecular weight excluding hydrogens is 246 g/mol. The molecule has 4 nitrogen and oxygen atoms in total. The summed E-state index contributed by atoms with van der Waals surface area (Å²) in [5, 5.41) is 3.44. The summed E-state index contributed by atoms with van der Waals surface area (Å²) >= 11 is 1.42. The number of rotatable bonds is 3. The van der Waals surface area contributed by atoms with Crippen LogP contribution in [-0.4, -0.2) is 17.9 Å². The maximum atomic E-state index is 11.8. The molecule has 92 valence electrons. The molecule has 1 amide bonds. The van der Waals surface area contributed by atoms with Crippen molar-refractivity contribution in [3.05, 3.63) is 48.2 Å². The number of hydrogen-bond acceptors (Lipinski definition) is 4. The molecule has 0 aliphatic rings. The number of nitrogens with two attached hydrogens (primary N) is 1. The average Bonchev–Trinajstić information content (AvgIpc) is 2.39. The van der Waals surface area contributed by atoms with Gasteiger partial charge in [-0.25, -0.2) is 4.98 Å². The number of nitrogen functional groups attached to an aromatic ring is 1. The number of nitrogens with zero attached hydrogens (tertiary/aromatic N) is 1. The molecule has 0 aliphatic heterocycles. The maximum absolute atomic E-state index is 11.8. The zero-order chi connectivity index (χ0) is 13.0. The lowest BCUT2D eigenvalue weighted by Gasteiger charge is -2.08. The molecular formula is C13H13N3OS. The quantitative estimate of drug-likeness (QED) is 0.829. The second-order valence-corrected chi connectivity index (χ2v) is 4.67. The minimum absolute atomic E-state index is 0.131. The Bertz CT molecular complexity index is 557. The SMILES string of the molecule is CNC(=O)c1ccc(N)cc1Sc1ccccn1. The van der Waals surface area contributed by atoms with Crippen molar-refractivity contribution < 1.29 is 4.79 Å². The molecule has 1 aromatic heterocycles. The summed E-state index contributed by atoms with van der Waals surface area (Å²) in [6, 6.07) is 10.9. The number of carbonyl (C=O) groups excluding carboxylic acids is 1. The van der Waals surface area contributed by atoms with Gasteiger partial charge in [-0.05, 0) is 30.3 Å². The van der Waals surface area contributed by atoms with E-state index in [0.29, 0.717) is 11.3 Å². The van der Waals surface area contributed by atoms with Crippen molar-refractivity contribution in [2.75, 3.05) is 12.8 Å². The van der Waals surface area contributed by atoms with Crippen molar-refractivity contribution in [2.24, 2.45) is 0 Å². The van der Waals surface area contributed by atoms with E-state index in [2.05, 4.69) is 10.3 Å². The fraction of sp³-hybridized carbons (Fsp3) is 0.0769. The van der Waals surface area contributed by atoms with Crippen LogP contribution in [0.2, 0.25) is 0 Å². The highest BCUT2D eigenvalue weighted by atomic mass is 32.2. The molecule has 5 heteroatoms. The van der Waals surface area contributed by atoms with Gasteiger partial charge >= 0.3 is 0 Å². The normalized spacial score (nSPS) is 10.1. The molecule has 0 saturated heterocycles. The van der Waals surface area contributed by atoms with E-state index in [9.17, 15) is 4.79 Å². The summed E-state index contributed by atoms with van der Waals surface area (Å²) in [6.07, 6.45) is 1.72. The third-order valence-electron chi connectivity index (χ3n) is 2.33. The van der Waals surface area contributed by atoms with Crippen LogP contribution in [0.1, 0.15) is 10.4 Å². The summed E-state index contributed by atoms with van der Waals surface area (Å²) in [4.78, 5) is 16.8. The Balaban J connectivity index is 2.36. The number of aromatic nitrogens is 1. The lowest BCUT2D eigenvalue weighted by atomic mass is 10.2. The van der Waals surface area contributed by atoms with Crippen LogP contribution < -0.4 is 11.1 Å². The van der Waals surface area contributed by atoms with Crippen molar-refractivity contribution in [3.8, 4) is 0 Å². The minimum atomic E-state index is -0.131. The molecule has 0 radical (unpaired) electrons. The van der Waals surface area contributed by atoms with Crippen molar-refractivity contribution in [2.45, 2.75) is 9.92 Å². The average molecular weight is 259 g/mol. The Morgan fingerprint density at radius 1 is 1.33 bits per heavy atom. The lowest BCUT2D eigenvalue weighted by molar-refractivity contribution is 0.0960. The van der Waals surface area contributed by atoms with Crippen LogP contribution in [0.3, 0.4) is 0 Å². The Hall–Kier alpha value is -2.01. The van der Waals surface area contributed by atoms with Crippen LogP contribution in [0.25, 0.3) is 0 Å². The van der Waals surface area contributed by atoms with Crippen LogP contribution >= 0.6 is 11.8 Å². The first-order valence-electron chi connectivity index (χ1n) is 5.41. The molecule has 18 heavy (non-hydrogen) atoms. The van der Waals surface area contributed by atoms with Gasteiger partial charge in [-0.2, -0.15) is 0 Å². The zero-order valence-electron chi connectivity index (χ0n) is 9.88. The molecule has 0 unspecified atom stereocenters. The highest BCUT2D eigenvalue weighted by Crippen LogP contribution is 2.30. The van der Waals surface area contributed by atoms with Crippen LogP contribution in [0.4, 0.5) is 5.69 Å². The first kappa shape index (κ1) is 12.4. The molecule has 0 fully saturated rings. The number of hydrogen-bond donors (Lipinski definition) is 2. The highest BCUT2D eigenvalue weighted by Gasteiger charge is 2.11. The number of nitrogens with one attached hydrogen (secondary N) is 1. The zero-order valence-corrected chi connectivity index (χ0v) is 10.7. The number of benzene rings is 1. The van der Waals surface area contributed by atoms with Crippen LogP contribution in [-0.2, 0) is 0 Å². The van der Waals surface area contributed by atoms with Gasteiger partial charge in [-0.3, -0.25) is 4.79 Å². The van der Waals surface area contributed by atoms with E-state index >= 15 is 0 Å². The summed E-state index contributed by atoms with van der Waals surface area (Å²) in [6.45, 7) is 0. The van der Waals surface area contributed by atoms with E-state index in [1.54, 1.807) is 31.4 Å². The van der Waals surface area contributed by atoms with Crippen LogP contribution in [0.5, 0.6) is 0 Å². The second-order valence-electron chi connectivity index (χ2n) is 3.60. The number of pyridine rings is 1. The van der Waals surface area contributed by atoms with Gasteiger partial charge in [-0.15, -0.1) is 0 Å². The van der Waals surface area contributed by atoms with Crippen molar-refractivity contribution in [1.82, 2.24) is 10.3 Å². The molecule has 0 saturated carbocycles. The molecule has 1 aromatic carbocycles. The largest absolute Gasteiger partial charge is 0.399 e. The van der Waals surface area contributed by atoms with Gasteiger partial charge in [0.15, 0.2) is 0 Å². The predicted octanol–water partition coefficient (Wildman–Crippen LogP) is 2.17. The Kier molecular flexibility index (Phi) is 3.84. The van der Waals surface area contributed by atoms with E-state index in [4.69, 9.17) is 5.73 Å². The summed E-state index contributed by atoms with van der Waals surface area (Å²) in [5.74, 6) is -0.131. The standard InChI is InChI=1S/C13H13N3OS/c1-15-13(17)10-6-5-9(14)8-11(10)18-12-4-2-3-7-16-12/h2-8H,14H2,1H3,(H,15,17). The topological polar surface area (TPSA) is 68.0 Å². The van der Waals surface area contributed by atoms with Crippen molar-refractivity contribution >= 4 is 23.4 Å². The molecule has 2 aromatic rings. The van der Waals surface area contributed by atoms with E-state index in [0.717, 1.165) is 9.92 Å². The minimum Gasteiger partial charge on any atom is -0.399 e. The van der Waals surface area contributed by atoms with E-state index in [-0.39, 0.29) is 5.91 Å². The van der Waals surface area contributed by atoms with Gasteiger partial charge < -0.3 is 11.1 Å². The summed E-state index contributed by atoms with van der Waals surface area (Å²) in [7, 11) is 1.61. The molecule has 0 bridgehead atoms. The van der Waals surface area contributed by atoms with Gasteiger partial charge in [0, 0.05) is 23.8 Å². The van der Waals surface area contributed by atoms with Gasteiger partial charge in [0.1, 0.15) is 5.03 Å².